The van der Waals surface area contributed by atoms with Gasteiger partial charge in [-0.05, 0) is 72.0 Å². The molecule has 0 radical (unpaired) electrons. The van der Waals surface area contributed by atoms with Gasteiger partial charge in [-0.3, -0.25) is 4.79 Å². The van der Waals surface area contributed by atoms with E-state index in [1.54, 1.807) is 6.33 Å². The average Bonchev–Trinajstić information content (AvgIpc) is 3.29. The van der Waals surface area contributed by atoms with Gasteiger partial charge in [-0.15, -0.1) is 0 Å². The number of carboxylic acid groups (broad SMARTS) is 1. The molecule has 2 saturated carbocycles. The minimum Gasteiger partial charge on any atom is -0.481 e. The van der Waals surface area contributed by atoms with Crippen LogP contribution >= 0.6 is 15.9 Å². The maximum Gasteiger partial charge on any atom is 0.309 e. The third kappa shape index (κ3) is 1.96. The fraction of sp³-hybridized carbons (Fsp3) is 0.588. The molecule has 3 fully saturated rings. The van der Waals surface area contributed by atoms with E-state index in [0.29, 0.717) is 12.3 Å². The summed E-state index contributed by atoms with van der Waals surface area (Å²) in [7, 11) is 0. The molecule has 6 nitrogen and oxygen atoms in total. The number of aliphatic carboxylic acids is 1. The van der Waals surface area contributed by atoms with Crippen LogP contribution in [0.15, 0.2) is 17.0 Å². The van der Waals surface area contributed by atoms with Crippen LogP contribution in [0.4, 0.5) is 5.82 Å². The van der Waals surface area contributed by atoms with Gasteiger partial charge in [-0.25, -0.2) is 9.50 Å². The van der Waals surface area contributed by atoms with Gasteiger partial charge >= 0.3 is 5.97 Å². The predicted molar refractivity (Wildman–Crippen MR) is 92.3 cm³/mol. The van der Waals surface area contributed by atoms with Crippen LogP contribution in [-0.4, -0.2) is 38.3 Å². The lowest BCUT2D eigenvalue weighted by atomic mass is 9.80. The molecule has 5 rings (SSSR count). The largest absolute Gasteiger partial charge is 0.481 e. The fourth-order valence-corrected chi connectivity index (χ4v) is 5.14. The average molecular weight is 391 g/mol. The van der Waals surface area contributed by atoms with E-state index in [9.17, 15) is 9.90 Å². The van der Waals surface area contributed by atoms with Crippen LogP contribution in [0.5, 0.6) is 0 Å². The molecule has 2 aliphatic carbocycles. The fourth-order valence-electron chi connectivity index (χ4n) is 4.62. The second-order valence-corrected chi connectivity index (χ2v) is 8.28. The minimum absolute atomic E-state index is 0.272. The van der Waals surface area contributed by atoms with Crippen LogP contribution in [0.2, 0.25) is 0 Å². The van der Waals surface area contributed by atoms with Crippen molar-refractivity contribution in [2.75, 3.05) is 11.4 Å². The zero-order valence-electron chi connectivity index (χ0n) is 13.3. The normalized spacial score (nSPS) is 29.4. The standard InChI is InChI=1S/C17H19BrN4O2/c18-13-7-12(10-1-2-10)14-15(19-9-20-22(13)14)21-6-5-17(16(23)24)4-3-11(21)8-17/h7,9-11H,1-6,8H2,(H,23,24). The summed E-state index contributed by atoms with van der Waals surface area (Å²) in [5, 5.41) is 14.0. The molecule has 0 amide bonds. The SMILES string of the molecule is O=C(O)C12CCC(C1)N(c1ncnn3c(Br)cc(C4CC4)c13)CC2. The molecule has 1 N–H and O–H groups in total. The smallest absolute Gasteiger partial charge is 0.309 e. The number of carboxylic acids is 1. The topological polar surface area (TPSA) is 70.7 Å². The Morgan fingerprint density at radius 1 is 1.33 bits per heavy atom. The summed E-state index contributed by atoms with van der Waals surface area (Å²) in [4.78, 5) is 18.7. The summed E-state index contributed by atoms with van der Waals surface area (Å²) < 4.78 is 2.90. The first-order valence-electron chi connectivity index (χ1n) is 8.61. The number of hydrogen-bond donors (Lipinski definition) is 1. The van der Waals surface area contributed by atoms with Gasteiger partial charge in [0.05, 0.1) is 5.41 Å². The van der Waals surface area contributed by atoms with E-state index in [1.165, 1.54) is 18.4 Å². The molecule has 2 unspecified atom stereocenters. The molecule has 24 heavy (non-hydrogen) atoms. The highest BCUT2D eigenvalue weighted by Crippen LogP contribution is 2.50. The quantitative estimate of drug-likeness (QED) is 0.870. The van der Waals surface area contributed by atoms with Crippen molar-refractivity contribution in [3.05, 3.63) is 22.6 Å². The molecule has 0 spiro atoms. The Kier molecular flexibility index (Phi) is 3.02. The molecule has 1 aliphatic heterocycles. The van der Waals surface area contributed by atoms with E-state index >= 15 is 0 Å². The van der Waals surface area contributed by atoms with Gasteiger partial charge in [0.15, 0.2) is 5.82 Å². The van der Waals surface area contributed by atoms with Crippen molar-refractivity contribution in [3.8, 4) is 0 Å². The molecular formula is C17H19BrN4O2. The molecule has 1 saturated heterocycles. The molecule has 126 valence electrons. The van der Waals surface area contributed by atoms with Crippen molar-refractivity contribution in [1.29, 1.82) is 0 Å². The van der Waals surface area contributed by atoms with Gasteiger partial charge in [0.2, 0.25) is 0 Å². The molecule has 2 bridgehead atoms. The van der Waals surface area contributed by atoms with E-state index in [2.05, 4.69) is 37.0 Å². The van der Waals surface area contributed by atoms with Gasteiger partial charge in [-0.2, -0.15) is 5.10 Å². The number of anilines is 1. The summed E-state index contributed by atoms with van der Waals surface area (Å²) >= 11 is 3.62. The van der Waals surface area contributed by atoms with Gasteiger partial charge in [-0.1, -0.05) is 0 Å². The zero-order chi connectivity index (χ0) is 16.5. The lowest BCUT2D eigenvalue weighted by Gasteiger charge is -2.38. The Morgan fingerprint density at radius 2 is 2.17 bits per heavy atom. The Bertz CT molecular complexity index is 846. The first kappa shape index (κ1) is 14.7. The van der Waals surface area contributed by atoms with Crippen molar-refractivity contribution in [2.45, 2.75) is 50.5 Å². The maximum absolute atomic E-state index is 11.7. The summed E-state index contributed by atoms with van der Waals surface area (Å²) in [5.41, 5.74) is 1.92. The third-order valence-corrected chi connectivity index (χ3v) is 6.68. The second-order valence-electron chi connectivity index (χ2n) is 7.47. The number of carbonyl (C=O) groups is 1. The molecule has 7 heteroatoms. The molecule has 2 atom stereocenters. The number of hydrogen-bond acceptors (Lipinski definition) is 4. The van der Waals surface area contributed by atoms with E-state index < -0.39 is 11.4 Å². The molecule has 2 aromatic rings. The van der Waals surface area contributed by atoms with Crippen LogP contribution < -0.4 is 4.90 Å². The Labute approximate surface area is 148 Å². The number of rotatable bonds is 3. The van der Waals surface area contributed by atoms with Crippen LogP contribution in [0.3, 0.4) is 0 Å². The van der Waals surface area contributed by atoms with Gasteiger partial charge < -0.3 is 10.0 Å². The lowest BCUT2D eigenvalue weighted by molar-refractivity contribution is -0.149. The van der Waals surface area contributed by atoms with Crippen LogP contribution in [0.25, 0.3) is 5.52 Å². The van der Waals surface area contributed by atoms with E-state index in [1.807, 2.05) is 4.52 Å². The first-order valence-corrected chi connectivity index (χ1v) is 9.40. The summed E-state index contributed by atoms with van der Waals surface area (Å²) in [5.74, 6) is 0.965. The number of nitrogens with zero attached hydrogens (tertiary/aromatic N) is 4. The number of aromatic nitrogens is 3. The Hall–Kier alpha value is -1.63. The molecule has 2 aromatic heterocycles. The van der Waals surface area contributed by atoms with Crippen LogP contribution in [-0.2, 0) is 4.79 Å². The third-order valence-electron chi connectivity index (χ3n) is 6.12. The van der Waals surface area contributed by atoms with Gasteiger partial charge in [0.1, 0.15) is 16.4 Å². The van der Waals surface area contributed by atoms with Crippen molar-refractivity contribution in [2.24, 2.45) is 5.41 Å². The molecular weight excluding hydrogens is 372 g/mol. The zero-order valence-corrected chi connectivity index (χ0v) is 14.9. The van der Waals surface area contributed by atoms with Crippen LogP contribution in [0.1, 0.15) is 50.0 Å². The van der Waals surface area contributed by atoms with Gasteiger partial charge in [0.25, 0.3) is 0 Å². The van der Waals surface area contributed by atoms with Crippen LogP contribution in [0, 0.1) is 5.41 Å². The lowest BCUT2D eigenvalue weighted by Crippen LogP contribution is -2.45. The Balaban J connectivity index is 1.60. The highest BCUT2D eigenvalue weighted by molar-refractivity contribution is 9.10. The highest BCUT2D eigenvalue weighted by Gasteiger charge is 2.51. The first-order chi connectivity index (χ1) is 11.6. The van der Waals surface area contributed by atoms with Gasteiger partial charge in [0, 0.05) is 12.6 Å². The second kappa shape index (κ2) is 4.94. The van der Waals surface area contributed by atoms with Crippen molar-refractivity contribution in [3.63, 3.8) is 0 Å². The van der Waals surface area contributed by atoms with Crippen molar-refractivity contribution in [1.82, 2.24) is 14.6 Å². The summed E-state index contributed by atoms with van der Waals surface area (Å²) in [6.07, 6.45) is 7.22. The molecule has 0 aromatic carbocycles. The monoisotopic (exact) mass is 390 g/mol. The summed E-state index contributed by atoms with van der Waals surface area (Å²) in [6.45, 7) is 0.760. The Morgan fingerprint density at radius 3 is 2.92 bits per heavy atom. The van der Waals surface area contributed by atoms with E-state index in [0.717, 1.165) is 41.7 Å². The highest BCUT2D eigenvalue weighted by atomic mass is 79.9. The number of halogens is 1. The van der Waals surface area contributed by atoms with Crippen molar-refractivity contribution >= 4 is 33.2 Å². The predicted octanol–water partition coefficient (Wildman–Crippen LogP) is 3.20. The molecule has 3 heterocycles. The van der Waals surface area contributed by atoms with E-state index in [-0.39, 0.29) is 6.04 Å². The van der Waals surface area contributed by atoms with Crippen molar-refractivity contribution < 1.29 is 9.90 Å². The number of fused-ring (bicyclic) bond motifs is 3. The summed E-state index contributed by atoms with van der Waals surface area (Å²) in [6, 6.07) is 2.44. The molecule has 3 aliphatic rings. The van der Waals surface area contributed by atoms with E-state index in [4.69, 9.17) is 0 Å². The minimum atomic E-state index is -0.624. The maximum atomic E-state index is 11.7. The number of piperidine rings is 1.